The third-order valence-electron chi connectivity index (χ3n) is 4.68. The Morgan fingerprint density at radius 1 is 1.26 bits per heavy atom. The highest BCUT2D eigenvalue weighted by atomic mass is 16.5. The lowest BCUT2D eigenvalue weighted by molar-refractivity contribution is 0.134. The number of nitrogens with zero attached hydrogens (tertiary/aromatic N) is 4. The van der Waals surface area contributed by atoms with Gasteiger partial charge in [0.2, 0.25) is 5.95 Å². The first kappa shape index (κ1) is 14.5. The quantitative estimate of drug-likeness (QED) is 0.926. The van der Waals surface area contributed by atoms with Crippen LogP contribution in [0, 0.1) is 0 Å². The number of hydrogen-bond donors (Lipinski definition) is 1. The lowest BCUT2D eigenvalue weighted by Gasteiger charge is -2.33. The first-order valence-electron chi connectivity index (χ1n) is 8.17. The lowest BCUT2D eigenvalue weighted by atomic mass is 9.96. The Morgan fingerprint density at radius 3 is 3.00 bits per heavy atom. The second-order valence-electron chi connectivity index (χ2n) is 6.10. The van der Waals surface area contributed by atoms with Crippen molar-refractivity contribution < 1.29 is 4.74 Å². The van der Waals surface area contributed by atoms with E-state index in [9.17, 15) is 0 Å². The maximum Gasteiger partial charge on any atom is 0.222 e. The Bertz CT molecular complexity index is 657. The molecule has 120 valence electrons. The van der Waals surface area contributed by atoms with Crippen molar-refractivity contribution in [1.29, 1.82) is 0 Å². The van der Waals surface area contributed by atoms with Crippen LogP contribution in [-0.2, 0) is 24.2 Å². The molecule has 0 spiro atoms. The summed E-state index contributed by atoms with van der Waals surface area (Å²) in [4.78, 5) is 15.4. The minimum atomic E-state index is 0.572. The van der Waals surface area contributed by atoms with E-state index >= 15 is 0 Å². The number of pyridine rings is 1. The standard InChI is InChI=1S/C17H21N5O/c1-4-19-17(20-5-1)21-10-13-8-18-9-14-11-22(6-2-16(13)14)15-3-7-23-12-15/h1,4-5,8-9,15H,2-3,6-7,10-12H2,(H,19,20,21). The summed E-state index contributed by atoms with van der Waals surface area (Å²) in [6, 6.07) is 2.39. The second-order valence-corrected chi connectivity index (χ2v) is 6.10. The molecule has 1 N–H and O–H groups in total. The van der Waals surface area contributed by atoms with E-state index in [1.54, 1.807) is 12.4 Å². The first-order valence-corrected chi connectivity index (χ1v) is 8.17. The number of nitrogens with one attached hydrogen (secondary N) is 1. The predicted molar refractivity (Wildman–Crippen MR) is 86.9 cm³/mol. The van der Waals surface area contributed by atoms with E-state index in [2.05, 4.69) is 25.2 Å². The van der Waals surface area contributed by atoms with Crippen LogP contribution in [0.3, 0.4) is 0 Å². The number of rotatable bonds is 4. The SMILES string of the molecule is c1cnc(NCc2cncc3c2CCN(C2CCOC2)C3)nc1. The normalized spacial score (nSPS) is 21.1. The Kier molecular flexibility index (Phi) is 4.17. The maximum atomic E-state index is 5.53. The van der Waals surface area contributed by atoms with Gasteiger partial charge in [-0.15, -0.1) is 0 Å². The molecule has 2 aromatic heterocycles. The lowest BCUT2D eigenvalue weighted by Crippen LogP contribution is -2.40. The van der Waals surface area contributed by atoms with E-state index in [0.29, 0.717) is 18.5 Å². The average Bonchev–Trinajstić information content (AvgIpc) is 3.15. The number of anilines is 1. The van der Waals surface area contributed by atoms with Gasteiger partial charge in [0.25, 0.3) is 0 Å². The molecule has 1 saturated heterocycles. The minimum Gasteiger partial charge on any atom is -0.380 e. The summed E-state index contributed by atoms with van der Waals surface area (Å²) in [6.07, 6.45) is 9.69. The monoisotopic (exact) mass is 311 g/mol. The third kappa shape index (κ3) is 3.18. The Balaban J connectivity index is 1.47. The van der Waals surface area contributed by atoms with E-state index < -0.39 is 0 Å². The van der Waals surface area contributed by atoms with E-state index in [-0.39, 0.29) is 0 Å². The number of ether oxygens (including phenoxy) is 1. The topological polar surface area (TPSA) is 63.2 Å². The molecule has 23 heavy (non-hydrogen) atoms. The summed E-state index contributed by atoms with van der Waals surface area (Å²) in [5.74, 6) is 0.658. The summed E-state index contributed by atoms with van der Waals surface area (Å²) in [7, 11) is 0. The van der Waals surface area contributed by atoms with Gasteiger partial charge >= 0.3 is 0 Å². The van der Waals surface area contributed by atoms with E-state index in [4.69, 9.17) is 4.74 Å². The van der Waals surface area contributed by atoms with Gasteiger partial charge < -0.3 is 10.1 Å². The number of hydrogen-bond acceptors (Lipinski definition) is 6. The Morgan fingerprint density at radius 2 is 2.17 bits per heavy atom. The van der Waals surface area contributed by atoms with Crippen LogP contribution >= 0.6 is 0 Å². The van der Waals surface area contributed by atoms with Crippen LogP contribution in [0.25, 0.3) is 0 Å². The number of aromatic nitrogens is 3. The van der Waals surface area contributed by atoms with Gasteiger partial charge in [0.05, 0.1) is 6.61 Å². The largest absolute Gasteiger partial charge is 0.380 e. The van der Waals surface area contributed by atoms with Crippen LogP contribution in [0.4, 0.5) is 5.95 Å². The molecule has 2 aliphatic rings. The van der Waals surface area contributed by atoms with Crippen LogP contribution in [-0.4, -0.2) is 45.7 Å². The molecular weight excluding hydrogens is 290 g/mol. The fourth-order valence-electron chi connectivity index (χ4n) is 3.43. The predicted octanol–water partition coefficient (Wildman–Crippen LogP) is 1.63. The maximum absolute atomic E-state index is 5.53. The summed E-state index contributed by atoms with van der Waals surface area (Å²) in [5, 5.41) is 3.28. The number of fused-ring (bicyclic) bond motifs is 1. The van der Waals surface area contributed by atoms with Crippen LogP contribution in [0.2, 0.25) is 0 Å². The third-order valence-corrected chi connectivity index (χ3v) is 4.68. The molecule has 0 saturated carbocycles. The molecule has 0 radical (unpaired) electrons. The van der Waals surface area contributed by atoms with Crippen molar-refractivity contribution in [2.45, 2.75) is 32.0 Å². The van der Waals surface area contributed by atoms with Gasteiger partial charge in [0.15, 0.2) is 0 Å². The van der Waals surface area contributed by atoms with Crippen molar-refractivity contribution in [2.75, 3.05) is 25.1 Å². The fourth-order valence-corrected chi connectivity index (χ4v) is 3.43. The summed E-state index contributed by atoms with van der Waals surface area (Å²) in [6.45, 7) is 4.56. The van der Waals surface area contributed by atoms with Crippen molar-refractivity contribution in [3.05, 3.63) is 47.5 Å². The first-order chi connectivity index (χ1) is 11.4. The zero-order valence-electron chi connectivity index (χ0n) is 13.1. The minimum absolute atomic E-state index is 0.572. The highest BCUT2D eigenvalue weighted by Crippen LogP contribution is 2.25. The fraction of sp³-hybridized carbons (Fsp3) is 0.471. The molecule has 4 rings (SSSR count). The van der Waals surface area contributed by atoms with Crippen LogP contribution in [0.15, 0.2) is 30.9 Å². The molecule has 2 aliphatic heterocycles. The molecule has 0 aliphatic carbocycles. The molecule has 0 amide bonds. The highest BCUT2D eigenvalue weighted by Gasteiger charge is 2.27. The summed E-state index contributed by atoms with van der Waals surface area (Å²) < 4.78 is 5.53. The molecule has 0 bridgehead atoms. The molecule has 2 aromatic rings. The van der Waals surface area contributed by atoms with Gasteiger partial charge in [-0.3, -0.25) is 9.88 Å². The van der Waals surface area contributed by atoms with Gasteiger partial charge in [0, 0.05) is 57.1 Å². The van der Waals surface area contributed by atoms with Gasteiger partial charge in [-0.25, -0.2) is 9.97 Å². The van der Waals surface area contributed by atoms with Crippen molar-refractivity contribution in [3.63, 3.8) is 0 Å². The van der Waals surface area contributed by atoms with Crippen molar-refractivity contribution in [1.82, 2.24) is 19.9 Å². The van der Waals surface area contributed by atoms with Crippen LogP contribution in [0.5, 0.6) is 0 Å². The smallest absolute Gasteiger partial charge is 0.222 e. The van der Waals surface area contributed by atoms with Gasteiger partial charge in [0.1, 0.15) is 0 Å². The molecule has 0 aromatic carbocycles. The molecule has 6 heteroatoms. The van der Waals surface area contributed by atoms with Gasteiger partial charge in [-0.2, -0.15) is 0 Å². The van der Waals surface area contributed by atoms with Crippen LogP contribution in [0.1, 0.15) is 23.1 Å². The molecule has 4 heterocycles. The summed E-state index contributed by atoms with van der Waals surface area (Å²) in [5.41, 5.74) is 4.02. The molecule has 1 fully saturated rings. The highest BCUT2D eigenvalue weighted by molar-refractivity contribution is 5.36. The van der Waals surface area contributed by atoms with Crippen molar-refractivity contribution >= 4 is 5.95 Å². The van der Waals surface area contributed by atoms with Gasteiger partial charge in [-0.1, -0.05) is 0 Å². The van der Waals surface area contributed by atoms with Crippen molar-refractivity contribution in [3.8, 4) is 0 Å². The molecular formula is C17H21N5O. The molecule has 1 unspecified atom stereocenters. The average molecular weight is 311 g/mol. The van der Waals surface area contributed by atoms with E-state index in [0.717, 1.165) is 39.1 Å². The van der Waals surface area contributed by atoms with Crippen LogP contribution < -0.4 is 5.32 Å². The van der Waals surface area contributed by atoms with E-state index in [1.807, 2.05) is 18.5 Å². The second kappa shape index (κ2) is 6.60. The zero-order chi connectivity index (χ0) is 15.5. The summed E-state index contributed by atoms with van der Waals surface area (Å²) >= 11 is 0. The van der Waals surface area contributed by atoms with Gasteiger partial charge in [-0.05, 0) is 35.6 Å². The molecule has 1 atom stereocenters. The van der Waals surface area contributed by atoms with Crippen molar-refractivity contribution in [2.24, 2.45) is 0 Å². The Labute approximate surface area is 135 Å². The zero-order valence-corrected chi connectivity index (χ0v) is 13.1. The van der Waals surface area contributed by atoms with E-state index in [1.165, 1.54) is 16.7 Å². The molecule has 6 nitrogen and oxygen atoms in total. The Hall–Kier alpha value is -2.05.